The van der Waals surface area contributed by atoms with Crippen LogP contribution in [0.4, 0.5) is 0 Å². The van der Waals surface area contributed by atoms with E-state index in [9.17, 15) is 8.42 Å². The average molecular weight is 380 g/mol. The lowest BCUT2D eigenvalue weighted by atomic mass is 10.1. The highest BCUT2D eigenvalue weighted by atomic mass is 32.2. The first-order chi connectivity index (χ1) is 12.6. The number of fused-ring (bicyclic) bond motifs is 1. The molecule has 3 aromatic heterocycles. The zero-order valence-electron chi connectivity index (χ0n) is 14.0. The fourth-order valence-electron chi connectivity index (χ4n) is 2.96. The number of thiophene rings is 1. The van der Waals surface area contributed by atoms with Crippen LogP contribution in [0.1, 0.15) is 16.8 Å². The number of nitrogens with zero attached hydrogens (tertiary/aromatic N) is 2. The minimum atomic E-state index is -3.78. The van der Waals surface area contributed by atoms with Crippen LogP contribution in [0.5, 0.6) is 0 Å². The van der Waals surface area contributed by atoms with Crippen molar-refractivity contribution in [3.05, 3.63) is 95.1 Å². The van der Waals surface area contributed by atoms with Crippen LogP contribution >= 0.6 is 11.3 Å². The minimum absolute atomic E-state index is 0.240. The Morgan fingerprint density at radius 3 is 2.50 bits per heavy atom. The molecule has 0 aliphatic carbocycles. The van der Waals surface area contributed by atoms with Gasteiger partial charge < -0.3 is 4.40 Å². The summed E-state index contributed by atoms with van der Waals surface area (Å²) in [5.74, 6) is 0. The number of sulfonamides is 1. The number of hydrogen-bond acceptors (Lipinski definition) is 3. The van der Waals surface area contributed by atoms with Gasteiger partial charge in [-0.1, -0.05) is 42.5 Å². The van der Waals surface area contributed by atoms with Gasteiger partial charge in [-0.3, -0.25) is 0 Å². The second-order valence-corrected chi connectivity index (χ2v) is 8.66. The van der Waals surface area contributed by atoms with Crippen LogP contribution in [-0.4, -0.2) is 18.5 Å². The predicted molar refractivity (Wildman–Crippen MR) is 106 cm³/mol. The fraction of sp³-hybridized carbons (Fsp3) is 0.0500. The maximum Gasteiger partial charge on any atom is 0.292 e. The monoisotopic (exact) mass is 380 g/mol. The summed E-state index contributed by atoms with van der Waals surface area (Å²) in [5, 5.41) is 1.74. The van der Waals surface area contributed by atoms with Gasteiger partial charge >= 0.3 is 0 Å². The standard InChI is InChI=1S/C20H16N2O2S2/c1-15-14-17-10-5-6-12-22(17)20(15)19(16-8-3-2-4-9-16)21-26(23,24)18-11-7-13-25-18/h2-14H,1H3. The first-order valence-corrected chi connectivity index (χ1v) is 10.4. The highest BCUT2D eigenvalue weighted by Crippen LogP contribution is 2.24. The van der Waals surface area contributed by atoms with Gasteiger partial charge in [-0.15, -0.1) is 11.3 Å². The normalized spacial score (nSPS) is 12.6. The number of aryl methyl sites for hydroxylation is 1. The molecule has 0 saturated carbocycles. The van der Waals surface area contributed by atoms with Gasteiger partial charge in [0.15, 0.2) is 0 Å². The fourth-order valence-corrected chi connectivity index (χ4v) is 4.95. The summed E-state index contributed by atoms with van der Waals surface area (Å²) in [6, 6.07) is 20.6. The quantitative estimate of drug-likeness (QED) is 0.488. The van der Waals surface area contributed by atoms with Crippen LogP contribution in [0.25, 0.3) is 5.52 Å². The molecule has 130 valence electrons. The summed E-state index contributed by atoms with van der Waals surface area (Å²) >= 11 is 1.17. The first kappa shape index (κ1) is 16.8. The van der Waals surface area contributed by atoms with Gasteiger partial charge in [-0.2, -0.15) is 12.8 Å². The third-order valence-electron chi connectivity index (χ3n) is 4.10. The number of aromatic nitrogens is 1. The van der Waals surface area contributed by atoms with E-state index in [0.29, 0.717) is 5.71 Å². The zero-order chi connectivity index (χ0) is 18.1. The SMILES string of the molecule is Cc1cc2ccccn2c1C(=NS(=O)(=O)c1cccs1)c1ccccc1. The molecule has 0 amide bonds. The zero-order valence-corrected chi connectivity index (χ0v) is 15.7. The van der Waals surface area contributed by atoms with Gasteiger partial charge in [-0.25, -0.2) is 0 Å². The molecule has 0 spiro atoms. The van der Waals surface area contributed by atoms with Crippen LogP contribution in [0.2, 0.25) is 0 Å². The molecule has 4 aromatic rings. The molecule has 0 bridgehead atoms. The second kappa shape index (κ2) is 6.55. The summed E-state index contributed by atoms with van der Waals surface area (Å²) in [6.45, 7) is 1.97. The van der Waals surface area contributed by atoms with Crippen molar-refractivity contribution in [3.63, 3.8) is 0 Å². The first-order valence-electron chi connectivity index (χ1n) is 8.07. The Kier molecular flexibility index (Phi) is 4.22. The van der Waals surface area contributed by atoms with Crippen molar-refractivity contribution in [2.24, 2.45) is 4.40 Å². The van der Waals surface area contributed by atoms with Crippen molar-refractivity contribution in [2.75, 3.05) is 0 Å². The number of hydrogen-bond donors (Lipinski definition) is 0. The van der Waals surface area contributed by atoms with Crippen molar-refractivity contribution in [3.8, 4) is 0 Å². The smallest absolute Gasteiger partial charge is 0.292 e. The second-order valence-electron chi connectivity index (χ2n) is 5.88. The van der Waals surface area contributed by atoms with Crippen LogP contribution in [0.15, 0.2) is 86.9 Å². The molecule has 26 heavy (non-hydrogen) atoms. The molecule has 0 unspecified atom stereocenters. The van der Waals surface area contributed by atoms with E-state index in [4.69, 9.17) is 0 Å². The molecule has 3 heterocycles. The molecule has 0 aliphatic heterocycles. The van der Waals surface area contributed by atoms with Gasteiger partial charge in [0, 0.05) is 17.3 Å². The van der Waals surface area contributed by atoms with Crippen molar-refractivity contribution in [1.82, 2.24) is 4.40 Å². The van der Waals surface area contributed by atoms with E-state index in [0.717, 1.165) is 22.3 Å². The molecular weight excluding hydrogens is 364 g/mol. The molecule has 4 nitrogen and oxygen atoms in total. The van der Waals surface area contributed by atoms with Gasteiger partial charge in [0.05, 0.1) is 5.69 Å². The van der Waals surface area contributed by atoms with E-state index in [1.165, 1.54) is 11.3 Å². The molecule has 4 rings (SSSR count). The van der Waals surface area contributed by atoms with Crippen molar-refractivity contribution >= 4 is 32.6 Å². The Morgan fingerprint density at radius 1 is 1.00 bits per heavy atom. The van der Waals surface area contributed by atoms with E-state index in [2.05, 4.69) is 4.40 Å². The number of rotatable bonds is 4. The maximum atomic E-state index is 12.8. The van der Waals surface area contributed by atoms with Gasteiger partial charge in [0.2, 0.25) is 0 Å². The van der Waals surface area contributed by atoms with Crippen molar-refractivity contribution < 1.29 is 8.42 Å². The predicted octanol–water partition coefficient (Wildman–Crippen LogP) is 4.54. The largest absolute Gasteiger partial charge is 0.315 e. The highest BCUT2D eigenvalue weighted by Gasteiger charge is 2.21. The topological polar surface area (TPSA) is 50.9 Å². The molecule has 1 aromatic carbocycles. The van der Waals surface area contributed by atoms with E-state index in [-0.39, 0.29) is 4.21 Å². The van der Waals surface area contributed by atoms with Crippen LogP contribution in [-0.2, 0) is 10.0 Å². The Bertz CT molecular complexity index is 1190. The van der Waals surface area contributed by atoms with Crippen molar-refractivity contribution in [1.29, 1.82) is 0 Å². The van der Waals surface area contributed by atoms with E-state index < -0.39 is 10.0 Å². The lowest BCUT2D eigenvalue weighted by Crippen LogP contribution is -2.11. The molecule has 0 aliphatic rings. The summed E-state index contributed by atoms with van der Waals surface area (Å²) in [6.07, 6.45) is 1.92. The Balaban J connectivity index is 2.01. The summed E-state index contributed by atoms with van der Waals surface area (Å²) in [5.41, 5.74) is 3.96. The number of pyridine rings is 1. The summed E-state index contributed by atoms with van der Waals surface area (Å²) in [4.78, 5) is 0. The molecule has 6 heteroatoms. The molecule has 0 saturated heterocycles. The van der Waals surface area contributed by atoms with E-state index >= 15 is 0 Å². The minimum Gasteiger partial charge on any atom is -0.315 e. The third-order valence-corrected chi connectivity index (χ3v) is 6.75. The third kappa shape index (κ3) is 2.98. The molecule has 0 atom stereocenters. The van der Waals surface area contributed by atoms with Crippen LogP contribution < -0.4 is 0 Å². The number of benzene rings is 1. The highest BCUT2D eigenvalue weighted by molar-refractivity contribution is 7.92. The van der Waals surface area contributed by atoms with Crippen LogP contribution in [0.3, 0.4) is 0 Å². The molecular formula is C20H16N2O2S2. The summed E-state index contributed by atoms with van der Waals surface area (Å²) < 4.78 is 32.1. The molecule has 0 N–H and O–H groups in total. The van der Waals surface area contributed by atoms with Crippen LogP contribution in [0, 0.1) is 6.92 Å². The lowest BCUT2D eigenvalue weighted by Gasteiger charge is -2.09. The Labute approximate surface area is 156 Å². The van der Waals surface area contributed by atoms with E-state index in [1.807, 2.05) is 72.1 Å². The van der Waals surface area contributed by atoms with Gasteiger partial charge in [0.25, 0.3) is 10.0 Å². The lowest BCUT2D eigenvalue weighted by molar-refractivity contribution is 0.600. The van der Waals surface area contributed by atoms with Crippen molar-refractivity contribution in [2.45, 2.75) is 11.1 Å². The van der Waals surface area contributed by atoms with E-state index in [1.54, 1.807) is 17.5 Å². The summed E-state index contributed by atoms with van der Waals surface area (Å²) in [7, 11) is -3.78. The molecule has 0 radical (unpaired) electrons. The van der Waals surface area contributed by atoms with Gasteiger partial charge in [-0.05, 0) is 42.1 Å². The maximum absolute atomic E-state index is 12.8. The molecule has 0 fully saturated rings. The average Bonchev–Trinajstić information content (AvgIpc) is 3.28. The van der Waals surface area contributed by atoms with Gasteiger partial charge in [0.1, 0.15) is 9.92 Å². The Hall–Kier alpha value is -2.70. The Morgan fingerprint density at radius 2 is 1.77 bits per heavy atom.